The monoisotopic (exact) mass is 234 g/mol. The van der Waals surface area contributed by atoms with E-state index in [0.717, 1.165) is 6.42 Å². The average molecular weight is 234 g/mol. The normalized spacial score (nSPS) is 24.3. The van der Waals surface area contributed by atoms with E-state index in [-0.39, 0.29) is 11.9 Å². The van der Waals surface area contributed by atoms with Gasteiger partial charge < -0.3 is 10.5 Å². The third-order valence-electron chi connectivity index (χ3n) is 3.21. The molecule has 1 heterocycles. The fourth-order valence-electron chi connectivity index (χ4n) is 2.13. The summed E-state index contributed by atoms with van der Waals surface area (Å²) in [4.78, 5) is 8.15. The van der Waals surface area contributed by atoms with Crippen molar-refractivity contribution in [1.82, 2.24) is 9.97 Å². The minimum atomic E-state index is -0.0740. The first-order valence-electron chi connectivity index (χ1n) is 6.00. The Hall–Kier alpha value is -1.65. The van der Waals surface area contributed by atoms with Crippen molar-refractivity contribution in [3.63, 3.8) is 0 Å². The third kappa shape index (κ3) is 2.93. The molecule has 1 aliphatic rings. The zero-order chi connectivity index (χ0) is 12.3. The van der Waals surface area contributed by atoms with Crippen LogP contribution in [0.25, 0.3) is 0 Å². The Labute approximate surface area is 101 Å². The quantitative estimate of drug-likeness (QED) is 0.616. The van der Waals surface area contributed by atoms with Gasteiger partial charge in [0.05, 0.1) is 12.4 Å². The van der Waals surface area contributed by atoms with Crippen molar-refractivity contribution in [2.24, 2.45) is 11.7 Å². The van der Waals surface area contributed by atoms with Crippen LogP contribution in [0.15, 0.2) is 12.4 Å². The summed E-state index contributed by atoms with van der Waals surface area (Å²) in [5, 5.41) is 7.23. The first kappa shape index (κ1) is 11.8. The molecule has 2 unspecified atom stereocenters. The van der Waals surface area contributed by atoms with E-state index in [0.29, 0.717) is 17.5 Å². The number of amidine groups is 1. The molecular formula is C12H18N4O. The van der Waals surface area contributed by atoms with Crippen LogP contribution in [0.2, 0.25) is 0 Å². The number of aromatic nitrogens is 2. The van der Waals surface area contributed by atoms with Crippen LogP contribution in [0.5, 0.6) is 5.88 Å². The Morgan fingerprint density at radius 3 is 2.71 bits per heavy atom. The van der Waals surface area contributed by atoms with Gasteiger partial charge in [0.1, 0.15) is 17.6 Å². The minimum Gasteiger partial charge on any atom is -0.473 e. The van der Waals surface area contributed by atoms with Gasteiger partial charge >= 0.3 is 0 Å². The topological polar surface area (TPSA) is 84.9 Å². The summed E-state index contributed by atoms with van der Waals surface area (Å²) in [6.07, 6.45) is 8.05. The Kier molecular flexibility index (Phi) is 3.56. The van der Waals surface area contributed by atoms with Crippen LogP contribution in [0.4, 0.5) is 0 Å². The predicted molar refractivity (Wildman–Crippen MR) is 65.1 cm³/mol. The number of nitrogens with one attached hydrogen (secondary N) is 1. The first-order valence-corrected chi connectivity index (χ1v) is 6.00. The van der Waals surface area contributed by atoms with Crippen molar-refractivity contribution < 1.29 is 4.74 Å². The molecule has 0 saturated heterocycles. The molecule has 0 aromatic carbocycles. The molecule has 92 valence electrons. The van der Waals surface area contributed by atoms with Crippen molar-refractivity contribution in [3.05, 3.63) is 18.1 Å². The SMILES string of the molecule is CC1CCCCC1Oc1cnc(C(=N)N)cn1. The van der Waals surface area contributed by atoms with E-state index in [9.17, 15) is 0 Å². The Morgan fingerprint density at radius 1 is 1.35 bits per heavy atom. The minimum absolute atomic E-state index is 0.0740. The van der Waals surface area contributed by atoms with Crippen LogP contribution < -0.4 is 10.5 Å². The number of nitrogen functional groups attached to an aromatic ring is 1. The summed E-state index contributed by atoms with van der Waals surface area (Å²) in [5.74, 6) is 1.02. The zero-order valence-corrected chi connectivity index (χ0v) is 10.0. The molecule has 17 heavy (non-hydrogen) atoms. The second kappa shape index (κ2) is 5.12. The summed E-state index contributed by atoms with van der Waals surface area (Å²) in [6.45, 7) is 2.21. The van der Waals surface area contributed by atoms with E-state index in [2.05, 4.69) is 16.9 Å². The van der Waals surface area contributed by atoms with Crippen LogP contribution in [0.1, 0.15) is 38.3 Å². The molecule has 5 heteroatoms. The number of rotatable bonds is 3. The van der Waals surface area contributed by atoms with Gasteiger partial charge in [-0.2, -0.15) is 0 Å². The number of nitrogens with zero attached hydrogens (tertiary/aromatic N) is 2. The summed E-state index contributed by atoms with van der Waals surface area (Å²) < 4.78 is 5.82. The van der Waals surface area contributed by atoms with E-state index >= 15 is 0 Å². The lowest BCUT2D eigenvalue weighted by atomic mass is 9.88. The van der Waals surface area contributed by atoms with E-state index in [1.807, 2.05) is 0 Å². The molecule has 0 bridgehead atoms. The van der Waals surface area contributed by atoms with E-state index in [4.69, 9.17) is 15.9 Å². The van der Waals surface area contributed by atoms with Gasteiger partial charge in [-0.15, -0.1) is 0 Å². The number of nitrogens with two attached hydrogens (primary N) is 1. The Morgan fingerprint density at radius 2 is 2.12 bits per heavy atom. The average Bonchev–Trinajstić information content (AvgIpc) is 2.33. The molecule has 2 rings (SSSR count). The van der Waals surface area contributed by atoms with Crippen LogP contribution in [0.3, 0.4) is 0 Å². The van der Waals surface area contributed by atoms with Crippen LogP contribution in [-0.2, 0) is 0 Å². The number of hydrogen-bond acceptors (Lipinski definition) is 4. The van der Waals surface area contributed by atoms with Crippen molar-refractivity contribution in [2.45, 2.75) is 38.7 Å². The number of ether oxygens (including phenoxy) is 1. The lowest BCUT2D eigenvalue weighted by molar-refractivity contribution is 0.0971. The second-order valence-electron chi connectivity index (χ2n) is 4.57. The molecule has 0 aliphatic heterocycles. The summed E-state index contributed by atoms with van der Waals surface area (Å²) in [5.41, 5.74) is 5.69. The first-order chi connectivity index (χ1) is 8.16. The fourth-order valence-corrected chi connectivity index (χ4v) is 2.13. The third-order valence-corrected chi connectivity index (χ3v) is 3.21. The maximum atomic E-state index is 7.23. The molecule has 1 aromatic rings. The van der Waals surface area contributed by atoms with Gasteiger partial charge in [-0.25, -0.2) is 9.97 Å². The van der Waals surface area contributed by atoms with Crippen molar-refractivity contribution >= 4 is 5.84 Å². The summed E-state index contributed by atoms with van der Waals surface area (Å²) >= 11 is 0. The van der Waals surface area contributed by atoms with Gasteiger partial charge in [-0.05, 0) is 25.2 Å². The second-order valence-corrected chi connectivity index (χ2v) is 4.57. The maximum absolute atomic E-state index is 7.23. The highest BCUT2D eigenvalue weighted by molar-refractivity contribution is 5.92. The fraction of sp³-hybridized carbons (Fsp3) is 0.583. The predicted octanol–water partition coefficient (Wildman–Crippen LogP) is 1.72. The molecule has 3 N–H and O–H groups in total. The Balaban J connectivity index is 2.00. The van der Waals surface area contributed by atoms with Crippen molar-refractivity contribution in [2.75, 3.05) is 0 Å². The maximum Gasteiger partial charge on any atom is 0.232 e. The molecule has 2 atom stereocenters. The van der Waals surface area contributed by atoms with Gasteiger partial charge in [-0.1, -0.05) is 13.3 Å². The Bertz CT molecular complexity index is 390. The largest absolute Gasteiger partial charge is 0.473 e. The van der Waals surface area contributed by atoms with E-state index < -0.39 is 0 Å². The van der Waals surface area contributed by atoms with Crippen LogP contribution in [-0.4, -0.2) is 21.9 Å². The van der Waals surface area contributed by atoms with Crippen LogP contribution in [0, 0.1) is 11.3 Å². The molecule has 1 saturated carbocycles. The molecule has 0 radical (unpaired) electrons. The van der Waals surface area contributed by atoms with Gasteiger partial charge in [0.2, 0.25) is 5.88 Å². The number of hydrogen-bond donors (Lipinski definition) is 2. The molecule has 1 fully saturated rings. The summed E-state index contributed by atoms with van der Waals surface area (Å²) in [7, 11) is 0. The molecule has 1 aliphatic carbocycles. The molecule has 0 spiro atoms. The van der Waals surface area contributed by atoms with E-state index in [1.54, 1.807) is 0 Å². The highest BCUT2D eigenvalue weighted by Gasteiger charge is 2.23. The van der Waals surface area contributed by atoms with Gasteiger partial charge in [-0.3, -0.25) is 5.41 Å². The standard InChI is InChI=1S/C12H18N4O/c1-8-4-2-3-5-10(8)17-11-7-15-9(6-16-11)12(13)14/h6-8,10H,2-5H2,1H3,(H3,13,14). The van der Waals surface area contributed by atoms with Gasteiger partial charge in [0, 0.05) is 0 Å². The zero-order valence-electron chi connectivity index (χ0n) is 10.0. The highest BCUT2D eigenvalue weighted by atomic mass is 16.5. The van der Waals surface area contributed by atoms with Crippen LogP contribution >= 0.6 is 0 Å². The summed E-state index contributed by atoms with van der Waals surface area (Å²) in [6, 6.07) is 0. The van der Waals surface area contributed by atoms with Crippen molar-refractivity contribution in [3.8, 4) is 5.88 Å². The molecule has 0 amide bonds. The smallest absolute Gasteiger partial charge is 0.232 e. The van der Waals surface area contributed by atoms with E-state index in [1.165, 1.54) is 31.7 Å². The lowest BCUT2D eigenvalue weighted by Crippen LogP contribution is -2.28. The molecule has 5 nitrogen and oxygen atoms in total. The van der Waals surface area contributed by atoms with Crippen molar-refractivity contribution in [1.29, 1.82) is 5.41 Å². The van der Waals surface area contributed by atoms with Gasteiger partial charge in [0.15, 0.2) is 0 Å². The molecule has 1 aromatic heterocycles. The molecular weight excluding hydrogens is 216 g/mol. The lowest BCUT2D eigenvalue weighted by Gasteiger charge is -2.28. The highest BCUT2D eigenvalue weighted by Crippen LogP contribution is 2.26. The van der Waals surface area contributed by atoms with Gasteiger partial charge in [0.25, 0.3) is 0 Å².